The third-order valence-electron chi connectivity index (χ3n) is 3.77. The van der Waals surface area contributed by atoms with Crippen LogP contribution in [0.1, 0.15) is 55.5 Å². The molecule has 2 N–H and O–H groups in total. The number of amides is 1. The Hall–Kier alpha value is -1.39. The molecule has 0 fully saturated rings. The van der Waals surface area contributed by atoms with Gasteiger partial charge in [-0.25, -0.2) is 0 Å². The number of benzene rings is 1. The summed E-state index contributed by atoms with van der Waals surface area (Å²) >= 11 is 0. The van der Waals surface area contributed by atoms with Gasteiger partial charge in [0.05, 0.1) is 0 Å². The zero-order chi connectivity index (χ0) is 16.4. The van der Waals surface area contributed by atoms with E-state index in [0.29, 0.717) is 12.1 Å². The minimum absolute atomic E-state index is 0. The molecule has 1 atom stereocenters. The van der Waals surface area contributed by atoms with Crippen molar-refractivity contribution in [2.24, 2.45) is 0 Å². The lowest BCUT2D eigenvalue weighted by Gasteiger charge is -2.11. The molecule has 0 spiro atoms. The molecule has 0 aliphatic carbocycles. The predicted octanol–water partition coefficient (Wildman–Crippen LogP) is 3.14. The molecule has 1 unspecified atom stereocenters. The van der Waals surface area contributed by atoms with Crippen LogP contribution in [-0.4, -0.2) is 31.3 Å². The fraction of sp³-hybridized carbons (Fsp3) is 0.556. The number of nitrogens with one attached hydrogen (secondary N) is 2. The molecule has 0 saturated carbocycles. The van der Waals surface area contributed by atoms with Crippen molar-refractivity contribution in [3.63, 3.8) is 0 Å². The van der Waals surface area contributed by atoms with E-state index in [-0.39, 0.29) is 43.0 Å². The molecular formula is C18H29ClN2O2. The quantitative estimate of drug-likeness (QED) is 0.643. The fourth-order valence-corrected chi connectivity index (χ4v) is 2.07. The minimum Gasteiger partial charge on any atom is -0.355 e. The molecule has 5 heteroatoms. The van der Waals surface area contributed by atoms with E-state index in [0.717, 1.165) is 6.42 Å². The number of carbonyl (C=O) groups excluding carboxylic acids is 2. The maximum Gasteiger partial charge on any atom is 0.220 e. The lowest BCUT2D eigenvalue weighted by atomic mass is 10.0. The minimum atomic E-state index is -0.0741. The summed E-state index contributed by atoms with van der Waals surface area (Å²) < 4.78 is 0. The highest BCUT2D eigenvalue weighted by molar-refractivity contribution is 5.97. The molecule has 0 aliphatic heterocycles. The zero-order valence-corrected chi connectivity index (χ0v) is 15.2. The molecule has 0 bridgehead atoms. The van der Waals surface area contributed by atoms with Crippen LogP contribution in [0.2, 0.25) is 0 Å². The highest BCUT2D eigenvalue weighted by atomic mass is 35.5. The van der Waals surface area contributed by atoms with Gasteiger partial charge in [-0.3, -0.25) is 9.59 Å². The third-order valence-corrected chi connectivity index (χ3v) is 3.77. The second-order valence-electron chi connectivity index (χ2n) is 5.72. The summed E-state index contributed by atoms with van der Waals surface area (Å²) in [6.45, 7) is 4.74. The maximum atomic E-state index is 12.1. The van der Waals surface area contributed by atoms with Crippen molar-refractivity contribution in [1.82, 2.24) is 10.6 Å². The average Bonchev–Trinajstić information content (AvgIpc) is 2.55. The van der Waals surface area contributed by atoms with Crippen molar-refractivity contribution in [1.29, 1.82) is 0 Å². The summed E-state index contributed by atoms with van der Waals surface area (Å²) in [4.78, 5) is 23.8. The Labute approximate surface area is 145 Å². The standard InChI is InChI=1S/C18H28N2O2.ClH/c1-4-5-6-15-7-9-16(10-8-15)17(21)11-12-18(22)20-13-14(2)19-3;/h7-10,14,19H,4-6,11-13H2,1-3H3,(H,20,22);1H. The van der Waals surface area contributed by atoms with Gasteiger partial charge in [0.2, 0.25) is 5.91 Å². The van der Waals surface area contributed by atoms with Crippen LogP contribution >= 0.6 is 12.4 Å². The molecule has 0 heterocycles. The Bertz CT molecular complexity index is 474. The van der Waals surface area contributed by atoms with Gasteiger partial charge >= 0.3 is 0 Å². The van der Waals surface area contributed by atoms with Gasteiger partial charge in [0, 0.05) is 31.0 Å². The van der Waals surface area contributed by atoms with Gasteiger partial charge in [0.1, 0.15) is 0 Å². The van der Waals surface area contributed by atoms with Crippen LogP contribution in [0.5, 0.6) is 0 Å². The largest absolute Gasteiger partial charge is 0.355 e. The van der Waals surface area contributed by atoms with Crippen LogP contribution in [0.15, 0.2) is 24.3 Å². The van der Waals surface area contributed by atoms with Crippen LogP contribution in [0, 0.1) is 0 Å². The van der Waals surface area contributed by atoms with E-state index < -0.39 is 0 Å². The fourth-order valence-electron chi connectivity index (χ4n) is 2.07. The van der Waals surface area contributed by atoms with E-state index in [4.69, 9.17) is 0 Å². The first kappa shape index (κ1) is 21.6. The van der Waals surface area contributed by atoms with Crippen LogP contribution < -0.4 is 10.6 Å². The zero-order valence-electron chi connectivity index (χ0n) is 14.4. The Morgan fingerprint density at radius 1 is 1.13 bits per heavy atom. The van der Waals surface area contributed by atoms with E-state index in [1.54, 1.807) is 0 Å². The monoisotopic (exact) mass is 340 g/mol. The third kappa shape index (κ3) is 8.72. The number of aryl methyl sites for hydroxylation is 1. The molecule has 4 nitrogen and oxygen atoms in total. The van der Waals surface area contributed by atoms with Gasteiger partial charge in [-0.1, -0.05) is 37.6 Å². The highest BCUT2D eigenvalue weighted by Crippen LogP contribution is 2.10. The van der Waals surface area contributed by atoms with E-state index in [2.05, 4.69) is 17.6 Å². The number of halogens is 1. The first-order valence-electron chi connectivity index (χ1n) is 8.13. The van der Waals surface area contributed by atoms with E-state index in [1.165, 1.54) is 18.4 Å². The molecule has 1 aromatic carbocycles. The van der Waals surface area contributed by atoms with Crippen LogP contribution in [0.4, 0.5) is 0 Å². The SMILES string of the molecule is CCCCc1ccc(C(=O)CCC(=O)NCC(C)NC)cc1.Cl. The Kier molecular flexibility index (Phi) is 11.4. The highest BCUT2D eigenvalue weighted by Gasteiger charge is 2.10. The normalized spacial score (nSPS) is 11.4. The first-order valence-corrected chi connectivity index (χ1v) is 8.13. The molecule has 0 radical (unpaired) electrons. The Balaban J connectivity index is 0.00000484. The van der Waals surface area contributed by atoms with Crippen molar-refractivity contribution in [2.75, 3.05) is 13.6 Å². The molecule has 0 aliphatic rings. The van der Waals surface area contributed by atoms with E-state index in [9.17, 15) is 9.59 Å². The lowest BCUT2D eigenvalue weighted by Crippen LogP contribution is -2.37. The average molecular weight is 341 g/mol. The van der Waals surface area contributed by atoms with Crippen molar-refractivity contribution in [3.05, 3.63) is 35.4 Å². The first-order chi connectivity index (χ1) is 10.6. The van der Waals surface area contributed by atoms with Gasteiger partial charge in [0.25, 0.3) is 0 Å². The molecule has 0 saturated heterocycles. The Morgan fingerprint density at radius 2 is 1.78 bits per heavy atom. The van der Waals surface area contributed by atoms with Crippen LogP contribution in [0.25, 0.3) is 0 Å². The molecule has 23 heavy (non-hydrogen) atoms. The molecular weight excluding hydrogens is 312 g/mol. The summed E-state index contributed by atoms with van der Waals surface area (Å²) in [5.74, 6) is -0.0473. The Morgan fingerprint density at radius 3 is 2.35 bits per heavy atom. The summed E-state index contributed by atoms with van der Waals surface area (Å²) in [6, 6.07) is 7.99. The van der Waals surface area contributed by atoms with Crippen molar-refractivity contribution in [3.8, 4) is 0 Å². The van der Waals surface area contributed by atoms with Crippen LogP contribution in [0.3, 0.4) is 0 Å². The molecule has 1 aromatic rings. The van der Waals surface area contributed by atoms with Crippen molar-refractivity contribution in [2.45, 2.75) is 52.0 Å². The number of ketones is 1. The van der Waals surface area contributed by atoms with Crippen LogP contribution in [-0.2, 0) is 11.2 Å². The number of rotatable bonds is 10. The van der Waals surface area contributed by atoms with Gasteiger partial charge in [-0.2, -0.15) is 0 Å². The maximum absolute atomic E-state index is 12.1. The predicted molar refractivity (Wildman–Crippen MR) is 97.4 cm³/mol. The molecule has 1 amide bonds. The second kappa shape index (κ2) is 12.1. The van der Waals surface area contributed by atoms with Gasteiger partial charge in [-0.15, -0.1) is 12.4 Å². The second-order valence-corrected chi connectivity index (χ2v) is 5.72. The van der Waals surface area contributed by atoms with Gasteiger partial charge in [0.15, 0.2) is 5.78 Å². The summed E-state index contributed by atoms with van der Waals surface area (Å²) in [5.41, 5.74) is 1.95. The summed E-state index contributed by atoms with van der Waals surface area (Å²) in [6.07, 6.45) is 3.89. The summed E-state index contributed by atoms with van der Waals surface area (Å²) in [5, 5.41) is 5.87. The smallest absolute Gasteiger partial charge is 0.220 e. The number of unbranched alkanes of at least 4 members (excludes halogenated alkanes) is 1. The summed E-state index contributed by atoms with van der Waals surface area (Å²) in [7, 11) is 1.85. The number of Topliss-reactive ketones (excluding diaryl/α,β-unsaturated/α-hetero) is 1. The van der Waals surface area contributed by atoms with Crippen molar-refractivity contribution >= 4 is 24.1 Å². The number of likely N-dealkylation sites (N-methyl/N-ethyl adjacent to an activating group) is 1. The lowest BCUT2D eigenvalue weighted by molar-refractivity contribution is -0.121. The number of carbonyl (C=O) groups is 2. The molecule has 0 aromatic heterocycles. The number of hydrogen-bond acceptors (Lipinski definition) is 3. The van der Waals surface area contributed by atoms with E-state index >= 15 is 0 Å². The van der Waals surface area contributed by atoms with E-state index in [1.807, 2.05) is 38.2 Å². The molecule has 1 rings (SSSR count). The number of hydrogen-bond donors (Lipinski definition) is 2. The van der Waals surface area contributed by atoms with Gasteiger partial charge in [-0.05, 0) is 32.4 Å². The topological polar surface area (TPSA) is 58.2 Å². The molecule has 130 valence electrons. The van der Waals surface area contributed by atoms with Crippen molar-refractivity contribution < 1.29 is 9.59 Å². The van der Waals surface area contributed by atoms with Gasteiger partial charge < -0.3 is 10.6 Å².